The number of likely N-dealkylation sites (tertiary alicyclic amines) is 1. The smallest absolute Gasteiger partial charge is 0.323 e. The van der Waals surface area contributed by atoms with Crippen molar-refractivity contribution in [3.05, 3.63) is 18.0 Å². The molecule has 0 radical (unpaired) electrons. The number of rotatable bonds is 6. The van der Waals surface area contributed by atoms with E-state index in [0.29, 0.717) is 11.9 Å². The summed E-state index contributed by atoms with van der Waals surface area (Å²) in [6, 6.07) is 0. The Labute approximate surface area is 118 Å². The lowest BCUT2D eigenvalue weighted by Crippen LogP contribution is -2.27. The molecule has 7 heteroatoms. The minimum atomic E-state index is -0.898. The Kier molecular flexibility index (Phi) is 4.86. The molecule has 1 fully saturated rings. The van der Waals surface area contributed by atoms with Gasteiger partial charge in [-0.3, -0.25) is 9.69 Å². The van der Waals surface area contributed by atoms with Gasteiger partial charge in [-0.15, -0.1) is 0 Å². The summed E-state index contributed by atoms with van der Waals surface area (Å²) in [5.41, 5.74) is 6.71. The number of nitrogens with zero attached hydrogens (tertiary/aromatic N) is 4. The van der Waals surface area contributed by atoms with Crippen LogP contribution in [0.25, 0.3) is 0 Å². The molecule has 110 valence electrons. The van der Waals surface area contributed by atoms with Crippen molar-refractivity contribution in [2.45, 2.75) is 13.0 Å². The summed E-state index contributed by atoms with van der Waals surface area (Å²) in [4.78, 5) is 22.9. The molecule has 0 aliphatic carbocycles. The second-order valence-electron chi connectivity index (χ2n) is 5.27. The Hall–Kier alpha value is -1.73. The van der Waals surface area contributed by atoms with Crippen LogP contribution < -0.4 is 10.6 Å². The Bertz CT molecular complexity index is 451. The highest BCUT2D eigenvalue weighted by Gasteiger charge is 2.21. The number of hydrogen-bond donors (Lipinski definition) is 2. The highest BCUT2D eigenvalue weighted by molar-refractivity contribution is 5.72. The fourth-order valence-electron chi connectivity index (χ4n) is 2.41. The lowest BCUT2D eigenvalue weighted by atomic mass is 10.1. The first kappa shape index (κ1) is 14.7. The molecule has 0 saturated carbocycles. The van der Waals surface area contributed by atoms with Crippen molar-refractivity contribution >= 4 is 11.9 Å². The number of likely N-dealkylation sites (N-methyl/N-ethyl adjacent to an activating group) is 1. The predicted molar refractivity (Wildman–Crippen MR) is 75.4 cm³/mol. The van der Waals surface area contributed by atoms with Crippen LogP contribution in [-0.2, 0) is 11.3 Å². The van der Waals surface area contributed by atoms with Gasteiger partial charge in [0, 0.05) is 38.1 Å². The molecular formula is C13H21N5O2. The third-order valence-corrected chi connectivity index (χ3v) is 3.52. The molecule has 1 atom stereocenters. The van der Waals surface area contributed by atoms with Gasteiger partial charge < -0.3 is 15.7 Å². The SMILES string of the molecule is CN(CC(=O)O)c1ncc(CN2CC[C@@H](CN)C2)cn1. The van der Waals surface area contributed by atoms with Crippen molar-refractivity contribution < 1.29 is 9.90 Å². The van der Waals surface area contributed by atoms with Crippen molar-refractivity contribution in [1.82, 2.24) is 14.9 Å². The van der Waals surface area contributed by atoms with Crippen LogP contribution in [0, 0.1) is 5.92 Å². The molecule has 7 nitrogen and oxygen atoms in total. The fraction of sp³-hybridized carbons (Fsp3) is 0.615. The number of carbonyl (C=O) groups is 1. The molecule has 1 aliphatic heterocycles. The van der Waals surface area contributed by atoms with Gasteiger partial charge in [-0.2, -0.15) is 0 Å². The van der Waals surface area contributed by atoms with E-state index in [4.69, 9.17) is 10.8 Å². The molecule has 0 unspecified atom stereocenters. The molecule has 0 amide bonds. The molecule has 0 bridgehead atoms. The van der Waals surface area contributed by atoms with E-state index < -0.39 is 5.97 Å². The van der Waals surface area contributed by atoms with Crippen LogP contribution in [0.5, 0.6) is 0 Å². The van der Waals surface area contributed by atoms with Gasteiger partial charge in [0.2, 0.25) is 5.95 Å². The van der Waals surface area contributed by atoms with Crippen molar-refractivity contribution in [3.8, 4) is 0 Å². The quantitative estimate of drug-likeness (QED) is 0.743. The number of carboxylic acids is 1. The molecular weight excluding hydrogens is 258 g/mol. The third-order valence-electron chi connectivity index (χ3n) is 3.52. The fourth-order valence-corrected chi connectivity index (χ4v) is 2.41. The number of nitrogens with two attached hydrogens (primary N) is 1. The first-order chi connectivity index (χ1) is 9.58. The monoisotopic (exact) mass is 279 g/mol. The summed E-state index contributed by atoms with van der Waals surface area (Å²) in [5, 5.41) is 8.72. The zero-order chi connectivity index (χ0) is 14.5. The van der Waals surface area contributed by atoms with Crippen molar-refractivity contribution in [1.29, 1.82) is 0 Å². The van der Waals surface area contributed by atoms with E-state index in [2.05, 4.69) is 14.9 Å². The number of anilines is 1. The largest absolute Gasteiger partial charge is 0.480 e. The number of carboxylic acid groups (broad SMARTS) is 1. The molecule has 1 saturated heterocycles. The van der Waals surface area contributed by atoms with Crippen LogP contribution >= 0.6 is 0 Å². The number of hydrogen-bond acceptors (Lipinski definition) is 6. The van der Waals surface area contributed by atoms with Gasteiger partial charge in [-0.25, -0.2) is 9.97 Å². The second kappa shape index (κ2) is 6.62. The molecule has 1 aromatic rings. The van der Waals surface area contributed by atoms with Crippen LogP contribution in [0.3, 0.4) is 0 Å². The number of aromatic nitrogens is 2. The summed E-state index contributed by atoms with van der Waals surface area (Å²) in [7, 11) is 1.66. The molecule has 2 heterocycles. The van der Waals surface area contributed by atoms with E-state index in [1.54, 1.807) is 19.4 Å². The van der Waals surface area contributed by atoms with Gasteiger partial charge in [0.15, 0.2) is 0 Å². The molecule has 20 heavy (non-hydrogen) atoms. The summed E-state index contributed by atoms with van der Waals surface area (Å²) in [6.45, 7) is 3.54. The minimum Gasteiger partial charge on any atom is -0.480 e. The van der Waals surface area contributed by atoms with Crippen LogP contribution in [-0.4, -0.2) is 59.2 Å². The first-order valence-electron chi connectivity index (χ1n) is 6.74. The average molecular weight is 279 g/mol. The average Bonchev–Trinajstić information content (AvgIpc) is 2.86. The van der Waals surface area contributed by atoms with Gasteiger partial charge in [-0.1, -0.05) is 0 Å². The summed E-state index contributed by atoms with van der Waals surface area (Å²) in [6.07, 6.45) is 4.67. The summed E-state index contributed by atoms with van der Waals surface area (Å²) >= 11 is 0. The van der Waals surface area contributed by atoms with Crippen molar-refractivity contribution in [2.24, 2.45) is 11.7 Å². The Morgan fingerprint density at radius 3 is 2.80 bits per heavy atom. The van der Waals surface area contributed by atoms with E-state index in [0.717, 1.165) is 38.2 Å². The van der Waals surface area contributed by atoms with Crippen LogP contribution in [0.15, 0.2) is 12.4 Å². The Morgan fingerprint density at radius 1 is 1.55 bits per heavy atom. The Balaban J connectivity index is 1.90. The molecule has 0 spiro atoms. The van der Waals surface area contributed by atoms with Gasteiger partial charge in [-0.05, 0) is 25.4 Å². The molecule has 2 rings (SSSR count). The van der Waals surface area contributed by atoms with E-state index in [-0.39, 0.29) is 6.54 Å². The van der Waals surface area contributed by atoms with E-state index in [9.17, 15) is 4.79 Å². The number of aliphatic carboxylic acids is 1. The predicted octanol–water partition coefficient (Wildman–Crippen LogP) is -0.222. The van der Waals surface area contributed by atoms with Crippen molar-refractivity contribution in [2.75, 3.05) is 38.1 Å². The van der Waals surface area contributed by atoms with Crippen LogP contribution in [0.4, 0.5) is 5.95 Å². The van der Waals surface area contributed by atoms with E-state index >= 15 is 0 Å². The minimum absolute atomic E-state index is 0.107. The zero-order valence-electron chi connectivity index (χ0n) is 11.7. The normalized spacial score (nSPS) is 19.2. The van der Waals surface area contributed by atoms with Crippen LogP contribution in [0.2, 0.25) is 0 Å². The highest BCUT2D eigenvalue weighted by Crippen LogP contribution is 2.17. The summed E-state index contributed by atoms with van der Waals surface area (Å²) in [5.74, 6) is 0.124. The summed E-state index contributed by atoms with van der Waals surface area (Å²) < 4.78 is 0. The van der Waals surface area contributed by atoms with Gasteiger partial charge >= 0.3 is 5.97 Å². The lowest BCUT2D eigenvalue weighted by Gasteiger charge is -2.17. The van der Waals surface area contributed by atoms with E-state index in [1.165, 1.54) is 4.90 Å². The first-order valence-corrected chi connectivity index (χ1v) is 6.74. The highest BCUT2D eigenvalue weighted by atomic mass is 16.4. The molecule has 1 aromatic heterocycles. The molecule has 0 aromatic carbocycles. The zero-order valence-corrected chi connectivity index (χ0v) is 11.7. The molecule has 1 aliphatic rings. The molecule has 3 N–H and O–H groups in total. The second-order valence-corrected chi connectivity index (χ2v) is 5.27. The van der Waals surface area contributed by atoms with Gasteiger partial charge in [0.25, 0.3) is 0 Å². The lowest BCUT2D eigenvalue weighted by molar-refractivity contribution is -0.135. The standard InChI is InChI=1S/C13H21N5O2/c1-17(9-12(19)20)13-15-5-11(6-16-13)8-18-3-2-10(4-14)7-18/h5-6,10H,2-4,7-9,14H2,1H3,(H,19,20)/t10-/m0/s1. The van der Waals surface area contributed by atoms with Gasteiger partial charge in [0.05, 0.1) is 0 Å². The van der Waals surface area contributed by atoms with Crippen LogP contribution in [0.1, 0.15) is 12.0 Å². The van der Waals surface area contributed by atoms with E-state index in [1.807, 2.05) is 0 Å². The topological polar surface area (TPSA) is 95.6 Å². The maximum absolute atomic E-state index is 10.6. The third kappa shape index (κ3) is 3.88. The van der Waals surface area contributed by atoms with Crippen molar-refractivity contribution in [3.63, 3.8) is 0 Å². The van der Waals surface area contributed by atoms with Gasteiger partial charge in [0.1, 0.15) is 6.54 Å². The Morgan fingerprint density at radius 2 is 2.25 bits per heavy atom. The maximum atomic E-state index is 10.6. The maximum Gasteiger partial charge on any atom is 0.323 e.